The third-order valence-electron chi connectivity index (χ3n) is 9.41. The minimum atomic E-state index is -0.940. The number of hydrogen-bond acceptors (Lipinski definition) is 8. The lowest BCUT2D eigenvalue weighted by Gasteiger charge is -2.34. The van der Waals surface area contributed by atoms with E-state index in [0.717, 1.165) is 45.4 Å². The summed E-state index contributed by atoms with van der Waals surface area (Å²) < 4.78 is 44.0. The van der Waals surface area contributed by atoms with E-state index in [1.54, 1.807) is 30.3 Å². The molecule has 5 heterocycles. The van der Waals surface area contributed by atoms with Gasteiger partial charge in [0.25, 0.3) is 0 Å². The number of anilines is 1. The third-order valence-corrected chi connectivity index (χ3v) is 9.71. The van der Waals surface area contributed by atoms with Gasteiger partial charge in [0.1, 0.15) is 11.3 Å². The number of nitrogens with one attached hydrogen (secondary N) is 1. The number of nitrogens with zero attached hydrogens (tertiary/aromatic N) is 4. The van der Waals surface area contributed by atoms with Crippen molar-refractivity contribution >= 4 is 39.1 Å². The van der Waals surface area contributed by atoms with E-state index in [2.05, 4.69) is 20.1 Å². The second kappa shape index (κ2) is 10.7. The van der Waals surface area contributed by atoms with Crippen LogP contribution in [0.5, 0.6) is 11.8 Å². The number of aromatic nitrogens is 2. The molecule has 0 saturated carbocycles. The number of phenols is 1. The molecule has 2 N–H and O–H groups in total. The molecule has 8 rings (SSSR count). The van der Waals surface area contributed by atoms with Crippen LogP contribution in [0.3, 0.4) is 0 Å². The molecule has 4 atom stereocenters. The van der Waals surface area contributed by atoms with Crippen molar-refractivity contribution in [1.29, 1.82) is 0 Å². The van der Waals surface area contributed by atoms with Gasteiger partial charge in [-0.25, -0.2) is 8.78 Å². The summed E-state index contributed by atoms with van der Waals surface area (Å²) in [6.45, 7) is 4.42. The Balaban J connectivity index is 1.20. The Kier molecular flexibility index (Phi) is 6.78. The molecule has 11 heteroatoms. The van der Waals surface area contributed by atoms with Crippen LogP contribution >= 0.6 is 11.6 Å². The molecule has 4 aliphatic rings. The molecular weight excluding hydrogens is 576 g/mol. The molecule has 43 heavy (non-hydrogen) atoms. The second-order valence-electron chi connectivity index (χ2n) is 12.2. The standard InChI is InChI=1S/C32H32ClF2N5O3/c33-24-12-23-30(29(35)27(24)26-22-5-2-1-4-17(22)10-25(41)28(26)34)37-32(38-31(23)40-13-18-6-7-19(14-40)36-18)42-9-3-8-39-15-21-11-20(39)16-43-21/h1-2,4-5,10,12,18-21,36,41H,3,6-9,11,13-16H2. The highest BCUT2D eigenvalue weighted by Crippen LogP contribution is 2.44. The van der Waals surface area contributed by atoms with Gasteiger partial charge < -0.3 is 24.8 Å². The molecule has 0 spiro atoms. The molecule has 1 aromatic heterocycles. The lowest BCUT2D eigenvalue weighted by Crippen LogP contribution is -2.51. The summed E-state index contributed by atoms with van der Waals surface area (Å²) in [4.78, 5) is 13.9. The van der Waals surface area contributed by atoms with Crippen LogP contribution < -0.4 is 15.0 Å². The van der Waals surface area contributed by atoms with Gasteiger partial charge in [-0.1, -0.05) is 35.9 Å². The first-order chi connectivity index (χ1) is 20.9. The van der Waals surface area contributed by atoms with Gasteiger partial charge in [-0.3, -0.25) is 4.90 Å². The van der Waals surface area contributed by atoms with Crippen molar-refractivity contribution in [3.63, 3.8) is 0 Å². The first-order valence-corrected chi connectivity index (χ1v) is 15.4. The van der Waals surface area contributed by atoms with Crippen molar-refractivity contribution in [3.05, 3.63) is 53.1 Å². The Hall–Kier alpha value is -3.31. The van der Waals surface area contributed by atoms with Crippen LogP contribution in [0.25, 0.3) is 32.8 Å². The number of halogens is 3. The molecule has 4 fully saturated rings. The predicted molar refractivity (Wildman–Crippen MR) is 161 cm³/mol. The quantitative estimate of drug-likeness (QED) is 0.275. The van der Waals surface area contributed by atoms with E-state index in [1.807, 2.05) is 0 Å². The van der Waals surface area contributed by atoms with Crippen LogP contribution in [0, 0.1) is 11.6 Å². The minimum absolute atomic E-state index is 0.00565. The molecule has 0 radical (unpaired) electrons. The average molecular weight is 608 g/mol. The summed E-state index contributed by atoms with van der Waals surface area (Å²) in [6, 6.07) is 11.1. The van der Waals surface area contributed by atoms with Gasteiger partial charge in [-0.2, -0.15) is 9.97 Å². The molecule has 4 unspecified atom stereocenters. The zero-order chi connectivity index (χ0) is 29.2. The molecular formula is C32H32ClF2N5O3. The maximum atomic E-state index is 16.7. The molecule has 8 nitrogen and oxygen atoms in total. The van der Waals surface area contributed by atoms with Gasteiger partial charge >= 0.3 is 6.01 Å². The molecule has 4 aromatic rings. The van der Waals surface area contributed by atoms with Crippen LogP contribution in [0.15, 0.2) is 36.4 Å². The molecule has 3 aromatic carbocycles. The van der Waals surface area contributed by atoms with Crippen molar-refractivity contribution in [2.45, 2.75) is 49.9 Å². The number of benzene rings is 3. The van der Waals surface area contributed by atoms with Gasteiger partial charge in [-0.15, -0.1) is 0 Å². The average Bonchev–Trinajstić information content (AvgIpc) is 3.73. The Labute approximate surface area is 252 Å². The zero-order valence-electron chi connectivity index (χ0n) is 23.5. The van der Waals surface area contributed by atoms with Crippen LogP contribution in [0.1, 0.15) is 25.7 Å². The van der Waals surface area contributed by atoms with E-state index in [4.69, 9.17) is 26.1 Å². The van der Waals surface area contributed by atoms with Gasteiger partial charge in [-0.05, 0) is 48.6 Å². The highest BCUT2D eigenvalue weighted by molar-refractivity contribution is 6.35. The summed E-state index contributed by atoms with van der Waals surface area (Å²) in [5, 5.41) is 15.5. The van der Waals surface area contributed by atoms with E-state index >= 15 is 8.78 Å². The van der Waals surface area contributed by atoms with Crippen LogP contribution in [-0.2, 0) is 4.74 Å². The Morgan fingerprint density at radius 3 is 2.60 bits per heavy atom. The summed E-state index contributed by atoms with van der Waals surface area (Å²) in [7, 11) is 0. The van der Waals surface area contributed by atoms with Gasteiger partial charge in [0.15, 0.2) is 17.4 Å². The first kappa shape index (κ1) is 27.3. The van der Waals surface area contributed by atoms with Gasteiger partial charge in [0.2, 0.25) is 0 Å². The Morgan fingerprint density at radius 1 is 1.02 bits per heavy atom. The third kappa shape index (κ3) is 4.75. The molecule has 4 saturated heterocycles. The molecule has 224 valence electrons. The molecule has 0 amide bonds. The van der Waals surface area contributed by atoms with Crippen LogP contribution in [0.2, 0.25) is 5.02 Å². The van der Waals surface area contributed by atoms with E-state index in [9.17, 15) is 5.11 Å². The summed E-state index contributed by atoms with van der Waals surface area (Å²) >= 11 is 6.76. The first-order valence-electron chi connectivity index (χ1n) is 15.0. The van der Waals surface area contributed by atoms with Crippen LogP contribution in [-0.4, -0.2) is 83.6 Å². The Bertz CT molecular complexity index is 1730. The molecule has 0 aliphatic carbocycles. The number of ether oxygens (including phenoxy) is 2. The van der Waals surface area contributed by atoms with Crippen molar-refractivity contribution in [2.75, 3.05) is 44.3 Å². The summed E-state index contributed by atoms with van der Waals surface area (Å²) in [6.07, 6.45) is 4.33. The number of piperazine rings is 1. The highest BCUT2D eigenvalue weighted by atomic mass is 35.5. The number of phenolic OH excluding ortho intramolecular Hbond substituents is 1. The van der Waals surface area contributed by atoms with Crippen molar-refractivity contribution < 1.29 is 23.4 Å². The summed E-state index contributed by atoms with van der Waals surface area (Å²) in [5.41, 5.74) is -0.251. The topological polar surface area (TPSA) is 83.0 Å². The minimum Gasteiger partial charge on any atom is -0.505 e. The van der Waals surface area contributed by atoms with Gasteiger partial charge in [0.05, 0.1) is 24.3 Å². The van der Waals surface area contributed by atoms with E-state index in [1.165, 1.54) is 6.07 Å². The monoisotopic (exact) mass is 607 g/mol. The van der Waals surface area contributed by atoms with Gasteiger partial charge in [0, 0.05) is 60.8 Å². The van der Waals surface area contributed by atoms with Crippen molar-refractivity contribution in [1.82, 2.24) is 20.2 Å². The normalized spacial score (nSPS) is 25.0. The zero-order valence-corrected chi connectivity index (χ0v) is 24.3. The number of hydrogen-bond donors (Lipinski definition) is 2. The predicted octanol–water partition coefficient (Wildman–Crippen LogP) is 5.27. The van der Waals surface area contributed by atoms with E-state index in [0.29, 0.717) is 65.9 Å². The number of morpholine rings is 1. The largest absolute Gasteiger partial charge is 0.505 e. The fraction of sp³-hybridized carbons (Fsp3) is 0.438. The van der Waals surface area contributed by atoms with E-state index in [-0.39, 0.29) is 27.7 Å². The fourth-order valence-electron chi connectivity index (χ4n) is 7.40. The number of rotatable bonds is 7. The lowest BCUT2D eigenvalue weighted by atomic mass is 9.95. The molecule has 4 bridgehead atoms. The number of fused-ring (bicyclic) bond motifs is 6. The number of likely N-dealkylation sites (tertiary alicyclic amines) is 1. The highest BCUT2D eigenvalue weighted by Gasteiger charge is 2.38. The molecule has 4 aliphatic heterocycles. The smallest absolute Gasteiger partial charge is 0.319 e. The Morgan fingerprint density at radius 2 is 1.84 bits per heavy atom. The second-order valence-corrected chi connectivity index (χ2v) is 12.6. The maximum absolute atomic E-state index is 16.7. The number of aromatic hydroxyl groups is 1. The summed E-state index contributed by atoms with van der Waals surface area (Å²) in [5.74, 6) is -1.74. The maximum Gasteiger partial charge on any atom is 0.319 e. The van der Waals surface area contributed by atoms with E-state index < -0.39 is 17.4 Å². The lowest BCUT2D eigenvalue weighted by molar-refractivity contribution is 0.0287. The fourth-order valence-corrected chi connectivity index (χ4v) is 7.69. The van der Waals surface area contributed by atoms with Crippen molar-refractivity contribution in [3.8, 4) is 22.9 Å². The van der Waals surface area contributed by atoms with Crippen molar-refractivity contribution in [2.24, 2.45) is 0 Å². The van der Waals surface area contributed by atoms with Crippen LogP contribution in [0.4, 0.5) is 14.6 Å². The SMILES string of the molecule is Oc1cc2ccccc2c(-c2c(Cl)cc3c(N4CC5CCC(C4)N5)nc(OCCCN4CC5CC4CO5)nc3c2F)c1F.